The van der Waals surface area contributed by atoms with E-state index in [-0.39, 0.29) is 0 Å². The number of aryl methyl sites for hydroxylation is 1. The van der Waals surface area contributed by atoms with Crippen molar-refractivity contribution in [2.24, 2.45) is 0 Å². The molecular formula is C12H18N4. The van der Waals surface area contributed by atoms with E-state index in [0.29, 0.717) is 6.04 Å². The Balaban J connectivity index is 2.13. The lowest BCUT2D eigenvalue weighted by Gasteiger charge is -2.06. The van der Waals surface area contributed by atoms with E-state index in [2.05, 4.69) is 46.8 Å². The second-order valence-electron chi connectivity index (χ2n) is 4.41. The van der Waals surface area contributed by atoms with Gasteiger partial charge in [0.05, 0.1) is 0 Å². The van der Waals surface area contributed by atoms with Crippen molar-refractivity contribution in [3.63, 3.8) is 0 Å². The van der Waals surface area contributed by atoms with Gasteiger partial charge in [-0.1, -0.05) is 13.8 Å². The van der Waals surface area contributed by atoms with Crippen molar-refractivity contribution in [2.75, 3.05) is 6.54 Å². The van der Waals surface area contributed by atoms with Crippen LogP contribution in [0.3, 0.4) is 0 Å². The monoisotopic (exact) mass is 218 g/mol. The van der Waals surface area contributed by atoms with E-state index in [1.807, 2.05) is 12.3 Å². The smallest absolute Gasteiger partial charge is 0.161 e. The van der Waals surface area contributed by atoms with Crippen LogP contribution >= 0.6 is 0 Å². The molecule has 2 rings (SSSR count). The van der Waals surface area contributed by atoms with Crippen LogP contribution in [0.1, 0.15) is 25.2 Å². The molecule has 2 heterocycles. The maximum absolute atomic E-state index is 4.21. The van der Waals surface area contributed by atoms with Crippen LogP contribution in [0.4, 0.5) is 0 Å². The van der Waals surface area contributed by atoms with Crippen molar-refractivity contribution in [1.29, 1.82) is 0 Å². The first kappa shape index (κ1) is 11.1. The number of nitrogens with zero attached hydrogens (tertiary/aromatic N) is 3. The molecule has 0 fully saturated rings. The number of rotatable bonds is 4. The van der Waals surface area contributed by atoms with E-state index in [1.54, 1.807) is 0 Å². The number of fused-ring (bicyclic) bond motifs is 1. The lowest BCUT2D eigenvalue weighted by molar-refractivity contribution is 0.581. The fourth-order valence-corrected chi connectivity index (χ4v) is 1.69. The highest BCUT2D eigenvalue weighted by Crippen LogP contribution is 2.06. The maximum atomic E-state index is 4.21. The fourth-order valence-electron chi connectivity index (χ4n) is 1.69. The molecule has 0 unspecified atom stereocenters. The summed E-state index contributed by atoms with van der Waals surface area (Å²) in [6, 6.07) is 4.64. The summed E-state index contributed by atoms with van der Waals surface area (Å²) >= 11 is 0. The number of aromatic nitrogens is 3. The summed E-state index contributed by atoms with van der Waals surface area (Å²) in [7, 11) is 0. The Morgan fingerprint density at radius 2 is 2.19 bits per heavy atom. The molecule has 4 nitrogen and oxygen atoms in total. The Labute approximate surface area is 95.7 Å². The average Bonchev–Trinajstić information content (AvgIpc) is 2.60. The number of nitrogens with one attached hydrogen (secondary N) is 1. The van der Waals surface area contributed by atoms with E-state index >= 15 is 0 Å². The molecule has 4 heteroatoms. The van der Waals surface area contributed by atoms with Gasteiger partial charge < -0.3 is 5.32 Å². The summed E-state index contributed by atoms with van der Waals surface area (Å²) in [5, 5.41) is 11.7. The van der Waals surface area contributed by atoms with Gasteiger partial charge in [-0.3, -0.25) is 4.40 Å². The van der Waals surface area contributed by atoms with Gasteiger partial charge in [0.2, 0.25) is 0 Å². The molecule has 2 aromatic heterocycles. The summed E-state index contributed by atoms with van der Waals surface area (Å²) < 4.78 is 2.05. The first-order valence-corrected chi connectivity index (χ1v) is 5.70. The Kier molecular flexibility index (Phi) is 3.19. The van der Waals surface area contributed by atoms with Crippen molar-refractivity contribution in [3.8, 4) is 0 Å². The Bertz CT molecular complexity index is 473. The first-order valence-electron chi connectivity index (χ1n) is 5.70. The SMILES string of the molecule is Cc1ccn2c(CCNC(C)C)nnc2c1. The Hall–Kier alpha value is -1.42. The first-order chi connectivity index (χ1) is 7.66. The van der Waals surface area contributed by atoms with Gasteiger partial charge in [-0.25, -0.2) is 0 Å². The molecule has 0 aliphatic heterocycles. The third-order valence-corrected chi connectivity index (χ3v) is 2.54. The van der Waals surface area contributed by atoms with Gasteiger partial charge in [-0.2, -0.15) is 0 Å². The van der Waals surface area contributed by atoms with Crippen LogP contribution in [0.15, 0.2) is 18.3 Å². The van der Waals surface area contributed by atoms with E-state index in [1.165, 1.54) is 5.56 Å². The summed E-state index contributed by atoms with van der Waals surface area (Å²) in [6.45, 7) is 7.29. The Morgan fingerprint density at radius 1 is 1.38 bits per heavy atom. The fraction of sp³-hybridized carbons (Fsp3) is 0.500. The van der Waals surface area contributed by atoms with E-state index in [0.717, 1.165) is 24.4 Å². The Morgan fingerprint density at radius 3 is 2.94 bits per heavy atom. The van der Waals surface area contributed by atoms with Gasteiger partial charge in [0, 0.05) is 25.2 Å². The molecule has 0 radical (unpaired) electrons. The zero-order valence-corrected chi connectivity index (χ0v) is 10.1. The van der Waals surface area contributed by atoms with Crippen LogP contribution < -0.4 is 5.32 Å². The highest BCUT2D eigenvalue weighted by Gasteiger charge is 2.04. The van der Waals surface area contributed by atoms with Crippen molar-refractivity contribution in [1.82, 2.24) is 19.9 Å². The van der Waals surface area contributed by atoms with Gasteiger partial charge in [-0.15, -0.1) is 10.2 Å². The van der Waals surface area contributed by atoms with Gasteiger partial charge in [0.1, 0.15) is 5.82 Å². The largest absolute Gasteiger partial charge is 0.314 e. The van der Waals surface area contributed by atoms with Gasteiger partial charge >= 0.3 is 0 Å². The quantitative estimate of drug-likeness (QED) is 0.847. The zero-order chi connectivity index (χ0) is 11.5. The van der Waals surface area contributed by atoms with Gasteiger partial charge in [0.25, 0.3) is 0 Å². The van der Waals surface area contributed by atoms with Crippen LogP contribution in [0, 0.1) is 6.92 Å². The lowest BCUT2D eigenvalue weighted by Crippen LogP contribution is -2.25. The minimum atomic E-state index is 0.515. The number of pyridine rings is 1. The van der Waals surface area contributed by atoms with Gasteiger partial charge in [0.15, 0.2) is 5.65 Å². The molecule has 2 aromatic rings. The van der Waals surface area contributed by atoms with Crippen molar-refractivity contribution < 1.29 is 0 Å². The third-order valence-electron chi connectivity index (χ3n) is 2.54. The van der Waals surface area contributed by atoms with Crippen molar-refractivity contribution >= 4 is 5.65 Å². The second-order valence-corrected chi connectivity index (χ2v) is 4.41. The molecule has 0 saturated heterocycles. The molecule has 1 N–H and O–H groups in total. The van der Waals surface area contributed by atoms with Crippen LogP contribution in [0.25, 0.3) is 5.65 Å². The second kappa shape index (κ2) is 4.61. The minimum Gasteiger partial charge on any atom is -0.314 e. The van der Waals surface area contributed by atoms with Crippen LogP contribution in [-0.4, -0.2) is 27.2 Å². The normalized spacial score (nSPS) is 11.5. The highest BCUT2D eigenvalue weighted by molar-refractivity contribution is 5.40. The molecule has 86 valence electrons. The van der Waals surface area contributed by atoms with E-state index in [9.17, 15) is 0 Å². The summed E-state index contributed by atoms with van der Waals surface area (Å²) in [4.78, 5) is 0. The molecule has 0 aromatic carbocycles. The van der Waals surface area contributed by atoms with Gasteiger partial charge in [-0.05, 0) is 24.6 Å². The highest BCUT2D eigenvalue weighted by atomic mass is 15.2. The molecule has 0 spiro atoms. The molecular weight excluding hydrogens is 200 g/mol. The predicted molar refractivity (Wildman–Crippen MR) is 64.6 cm³/mol. The zero-order valence-electron chi connectivity index (χ0n) is 10.1. The minimum absolute atomic E-state index is 0.515. The predicted octanol–water partition coefficient (Wildman–Crippen LogP) is 1.58. The van der Waals surface area contributed by atoms with Crippen LogP contribution in [0.5, 0.6) is 0 Å². The summed E-state index contributed by atoms with van der Waals surface area (Å²) in [6.07, 6.45) is 2.94. The molecule has 0 atom stereocenters. The standard InChI is InChI=1S/C12H18N4/c1-9(2)13-6-4-11-14-15-12-8-10(3)5-7-16(11)12/h5,7-9,13H,4,6H2,1-3H3. The maximum Gasteiger partial charge on any atom is 0.161 e. The summed E-state index contributed by atoms with van der Waals surface area (Å²) in [5.41, 5.74) is 2.14. The molecule has 0 bridgehead atoms. The lowest BCUT2D eigenvalue weighted by atomic mass is 10.3. The summed E-state index contributed by atoms with van der Waals surface area (Å²) in [5.74, 6) is 1.02. The topological polar surface area (TPSA) is 42.2 Å². The van der Waals surface area contributed by atoms with Crippen LogP contribution in [0.2, 0.25) is 0 Å². The third kappa shape index (κ3) is 2.39. The van der Waals surface area contributed by atoms with Crippen molar-refractivity contribution in [2.45, 2.75) is 33.2 Å². The molecule has 0 amide bonds. The average molecular weight is 218 g/mol. The number of hydrogen-bond donors (Lipinski definition) is 1. The van der Waals surface area contributed by atoms with E-state index in [4.69, 9.17) is 0 Å². The molecule has 0 aliphatic carbocycles. The molecule has 16 heavy (non-hydrogen) atoms. The van der Waals surface area contributed by atoms with Crippen molar-refractivity contribution in [3.05, 3.63) is 29.7 Å². The van der Waals surface area contributed by atoms with E-state index < -0.39 is 0 Å². The molecule has 0 saturated carbocycles. The molecule has 0 aliphatic rings. The van der Waals surface area contributed by atoms with Crippen LogP contribution in [-0.2, 0) is 6.42 Å². The number of hydrogen-bond acceptors (Lipinski definition) is 3.